The van der Waals surface area contributed by atoms with Crippen molar-refractivity contribution in [1.29, 1.82) is 0 Å². The van der Waals surface area contributed by atoms with Gasteiger partial charge in [0.05, 0.1) is 22.0 Å². The second kappa shape index (κ2) is 17.8. The van der Waals surface area contributed by atoms with Crippen LogP contribution in [0, 0.1) is 10.1 Å². The van der Waals surface area contributed by atoms with E-state index >= 15 is 0 Å². The molecule has 1 fully saturated rings. The van der Waals surface area contributed by atoms with Crippen LogP contribution in [0.2, 0.25) is 10.1 Å². The zero-order chi connectivity index (χ0) is 33.7. The minimum atomic E-state index is -4.33. The Hall–Kier alpha value is -2.02. The summed E-state index contributed by atoms with van der Waals surface area (Å²) >= 11 is 0. The first-order chi connectivity index (χ1) is 21.1. The second-order valence-corrected chi connectivity index (χ2v) is 20.6. The summed E-state index contributed by atoms with van der Waals surface area (Å²) in [5, 5.41) is 14.3. The Balaban J connectivity index is 2.24. The molecule has 1 aliphatic rings. The number of rotatable bonds is 19. The lowest BCUT2D eigenvalue weighted by Crippen LogP contribution is -2.66. The van der Waals surface area contributed by atoms with Crippen LogP contribution in [0.25, 0.3) is 10.4 Å². The Morgan fingerprint density at radius 2 is 1.44 bits per heavy atom. The zero-order valence-electron chi connectivity index (χ0n) is 28.5. The second-order valence-electron chi connectivity index (χ2n) is 14.3. The Labute approximate surface area is 272 Å². The standard InChI is InChI=1S/C32H56N4O7SSi/c1-8-9-10-11-12-13-14-15-16-17-18-19-20-29(42-44(39,40)27-23-21-26(22-24-27)36(37)38)30-28(34-35-33)25-41-45(43-30,31(2,3)4)32(5,6)7/h21-24,28-30H,8-20,25H2,1-7H3/t28-,29+,30-/m0/s1. The SMILES string of the molecule is CCCCCCCCCCCCCC[C@@H](OS(=O)(=O)c1ccc([N+](=O)[O-])cc1)[C@H]1O[Si](C(C)(C)C)(C(C)(C)C)OC[C@@H]1N=[N+]=[N-]. The van der Waals surface area contributed by atoms with Gasteiger partial charge in [-0.05, 0) is 24.1 Å². The molecule has 45 heavy (non-hydrogen) atoms. The Morgan fingerprint density at radius 1 is 0.956 bits per heavy atom. The fourth-order valence-corrected chi connectivity index (χ4v) is 12.5. The van der Waals surface area contributed by atoms with Crippen molar-refractivity contribution in [3.05, 3.63) is 44.8 Å². The smallest absolute Gasteiger partial charge is 0.349 e. The highest BCUT2D eigenvalue weighted by Crippen LogP contribution is 2.55. The van der Waals surface area contributed by atoms with Gasteiger partial charge in [-0.1, -0.05) is 131 Å². The maximum Gasteiger partial charge on any atom is 0.349 e. The first kappa shape index (κ1) is 39.2. The quantitative estimate of drug-likeness (QED) is 0.0208. The summed E-state index contributed by atoms with van der Waals surface area (Å²) in [6.07, 6.45) is 12.6. The van der Waals surface area contributed by atoms with E-state index in [2.05, 4.69) is 58.5 Å². The van der Waals surface area contributed by atoms with Crippen molar-refractivity contribution in [2.24, 2.45) is 5.11 Å². The maximum atomic E-state index is 13.5. The summed E-state index contributed by atoms with van der Waals surface area (Å²) < 4.78 is 46.4. The third-order valence-corrected chi connectivity index (χ3v) is 15.1. The van der Waals surface area contributed by atoms with Crippen LogP contribution in [-0.4, -0.2) is 46.8 Å². The zero-order valence-corrected chi connectivity index (χ0v) is 30.3. The first-order valence-electron chi connectivity index (χ1n) is 16.6. The molecule has 0 radical (unpaired) electrons. The number of hydrogen-bond donors (Lipinski definition) is 0. The summed E-state index contributed by atoms with van der Waals surface area (Å²) in [6.45, 7) is 14.7. The van der Waals surface area contributed by atoms with Gasteiger partial charge in [-0.3, -0.25) is 14.3 Å². The lowest BCUT2D eigenvalue weighted by molar-refractivity contribution is -0.384. The number of nitro benzene ring substituents is 1. The van der Waals surface area contributed by atoms with Crippen LogP contribution in [0.1, 0.15) is 132 Å². The molecule has 2 rings (SSSR count). The first-order valence-corrected chi connectivity index (χ1v) is 19.9. The van der Waals surface area contributed by atoms with E-state index in [-0.39, 0.29) is 27.3 Å². The third kappa shape index (κ3) is 11.3. The van der Waals surface area contributed by atoms with Crippen molar-refractivity contribution >= 4 is 24.4 Å². The van der Waals surface area contributed by atoms with E-state index in [1.807, 2.05) is 0 Å². The van der Waals surface area contributed by atoms with Crippen molar-refractivity contribution in [2.75, 3.05) is 6.61 Å². The minimum Gasteiger partial charge on any atom is -0.393 e. The summed E-state index contributed by atoms with van der Waals surface area (Å²) in [6, 6.07) is 3.85. The molecule has 1 aromatic rings. The van der Waals surface area contributed by atoms with E-state index in [1.54, 1.807) is 0 Å². The molecule has 13 heteroatoms. The molecule has 0 aliphatic carbocycles. The molecule has 256 valence electrons. The molecule has 0 N–H and O–H groups in total. The van der Waals surface area contributed by atoms with Crippen LogP contribution < -0.4 is 0 Å². The van der Waals surface area contributed by atoms with Crippen LogP contribution >= 0.6 is 0 Å². The van der Waals surface area contributed by atoms with E-state index in [0.717, 1.165) is 31.4 Å². The molecule has 1 aliphatic heterocycles. The van der Waals surface area contributed by atoms with E-state index < -0.39 is 41.9 Å². The molecule has 0 aromatic heterocycles. The molecule has 0 unspecified atom stereocenters. The van der Waals surface area contributed by atoms with Gasteiger partial charge in [0.2, 0.25) is 0 Å². The molecule has 1 aromatic carbocycles. The van der Waals surface area contributed by atoms with Crippen LogP contribution in [0.15, 0.2) is 34.3 Å². The van der Waals surface area contributed by atoms with Gasteiger partial charge in [0.25, 0.3) is 15.8 Å². The monoisotopic (exact) mass is 668 g/mol. The van der Waals surface area contributed by atoms with Crippen molar-refractivity contribution in [3.8, 4) is 0 Å². The Bertz CT molecular complexity index is 1200. The van der Waals surface area contributed by atoms with Crippen molar-refractivity contribution in [2.45, 2.75) is 165 Å². The Morgan fingerprint density at radius 3 is 1.89 bits per heavy atom. The third-order valence-electron chi connectivity index (χ3n) is 8.61. The lowest BCUT2D eigenvalue weighted by atomic mass is 10.00. The van der Waals surface area contributed by atoms with Crippen LogP contribution in [0.4, 0.5) is 5.69 Å². The molecular weight excluding hydrogens is 613 g/mol. The largest absolute Gasteiger partial charge is 0.393 e. The maximum absolute atomic E-state index is 13.5. The highest BCUT2D eigenvalue weighted by molar-refractivity contribution is 7.86. The molecular formula is C32H56N4O7SSi. The van der Waals surface area contributed by atoms with Gasteiger partial charge in [-0.25, -0.2) is 0 Å². The van der Waals surface area contributed by atoms with Gasteiger partial charge < -0.3 is 8.85 Å². The highest BCUT2D eigenvalue weighted by atomic mass is 32.2. The minimum absolute atomic E-state index is 0.103. The number of unbranched alkanes of at least 4 members (excludes halogenated alkanes) is 11. The average Bonchev–Trinajstić information content (AvgIpc) is 2.96. The van der Waals surface area contributed by atoms with Crippen molar-refractivity contribution in [3.63, 3.8) is 0 Å². The number of nitrogens with zero attached hydrogens (tertiary/aromatic N) is 4. The predicted octanol–water partition coefficient (Wildman–Crippen LogP) is 9.90. The number of hydrogen-bond acceptors (Lipinski definition) is 8. The number of non-ortho nitro benzene ring substituents is 1. The van der Waals surface area contributed by atoms with E-state index in [0.29, 0.717) is 12.8 Å². The summed E-state index contributed by atoms with van der Waals surface area (Å²) in [7, 11) is -7.40. The normalized spacial score (nSPS) is 19.5. The van der Waals surface area contributed by atoms with Crippen LogP contribution in [0.3, 0.4) is 0 Å². The average molecular weight is 669 g/mol. The van der Waals surface area contributed by atoms with Gasteiger partial charge >= 0.3 is 8.56 Å². The van der Waals surface area contributed by atoms with Gasteiger partial charge in [-0.2, -0.15) is 8.42 Å². The highest BCUT2D eigenvalue weighted by Gasteiger charge is 2.62. The topological polar surface area (TPSA) is 154 Å². The van der Waals surface area contributed by atoms with Gasteiger partial charge in [-0.15, -0.1) is 0 Å². The van der Waals surface area contributed by atoms with E-state index in [4.69, 9.17) is 13.0 Å². The number of nitro groups is 1. The molecule has 0 amide bonds. The molecule has 0 bridgehead atoms. The molecule has 0 saturated carbocycles. The van der Waals surface area contributed by atoms with E-state index in [1.165, 1.54) is 63.5 Å². The molecule has 1 saturated heterocycles. The van der Waals surface area contributed by atoms with Crippen molar-refractivity contribution in [1.82, 2.24) is 0 Å². The lowest BCUT2D eigenvalue weighted by Gasteiger charge is -2.55. The number of azide groups is 1. The summed E-state index contributed by atoms with van der Waals surface area (Å²) in [5.74, 6) is 0. The van der Waals surface area contributed by atoms with Gasteiger partial charge in [0.15, 0.2) is 0 Å². The molecule has 3 atom stereocenters. The summed E-state index contributed by atoms with van der Waals surface area (Å²) in [5.41, 5.74) is 9.16. The molecule has 0 spiro atoms. The van der Waals surface area contributed by atoms with Crippen molar-refractivity contribution < 1.29 is 26.4 Å². The molecule has 1 heterocycles. The van der Waals surface area contributed by atoms with Crippen LogP contribution in [-0.2, 0) is 23.2 Å². The predicted molar refractivity (Wildman–Crippen MR) is 180 cm³/mol. The number of benzene rings is 1. The van der Waals surface area contributed by atoms with E-state index in [9.17, 15) is 24.1 Å². The van der Waals surface area contributed by atoms with Gasteiger partial charge in [0, 0.05) is 33.7 Å². The van der Waals surface area contributed by atoms with Crippen LogP contribution in [0.5, 0.6) is 0 Å². The van der Waals surface area contributed by atoms with Gasteiger partial charge in [0.1, 0.15) is 6.10 Å². The Kier molecular flexibility index (Phi) is 15.5. The molecule has 11 nitrogen and oxygen atoms in total. The fourth-order valence-electron chi connectivity index (χ4n) is 6.41. The fraction of sp³-hybridized carbons (Fsp3) is 0.812. The summed E-state index contributed by atoms with van der Waals surface area (Å²) in [4.78, 5) is 13.4.